The van der Waals surface area contributed by atoms with Crippen LogP contribution in [0.3, 0.4) is 0 Å². The normalized spacial score (nSPS) is 10.1. The van der Waals surface area contributed by atoms with Crippen LogP contribution < -0.4 is 10.6 Å². The Bertz CT molecular complexity index is 714. The SMILES string of the molecule is Cc1ccc(NC(=O)C(=O)NCc2ccccc2F)cc1C. The van der Waals surface area contributed by atoms with Gasteiger partial charge < -0.3 is 10.6 Å². The molecule has 2 aromatic carbocycles. The van der Waals surface area contributed by atoms with Gasteiger partial charge in [-0.05, 0) is 43.2 Å². The summed E-state index contributed by atoms with van der Waals surface area (Å²) < 4.78 is 13.4. The molecule has 0 spiro atoms. The molecule has 0 radical (unpaired) electrons. The van der Waals surface area contributed by atoms with Crippen molar-refractivity contribution in [3.05, 3.63) is 65.0 Å². The number of rotatable bonds is 3. The van der Waals surface area contributed by atoms with E-state index >= 15 is 0 Å². The second-order valence-electron chi connectivity index (χ2n) is 5.03. The first-order chi connectivity index (χ1) is 10.5. The van der Waals surface area contributed by atoms with Crippen LogP contribution in [0.4, 0.5) is 10.1 Å². The number of aryl methyl sites for hydroxylation is 2. The van der Waals surface area contributed by atoms with E-state index in [1.165, 1.54) is 6.07 Å². The Hall–Kier alpha value is -2.69. The lowest BCUT2D eigenvalue weighted by molar-refractivity contribution is -0.136. The summed E-state index contributed by atoms with van der Waals surface area (Å²) in [6.07, 6.45) is 0. The van der Waals surface area contributed by atoms with E-state index in [0.717, 1.165) is 11.1 Å². The number of carbonyl (C=O) groups excluding carboxylic acids is 2. The molecule has 2 N–H and O–H groups in total. The van der Waals surface area contributed by atoms with Gasteiger partial charge in [0.1, 0.15) is 5.82 Å². The van der Waals surface area contributed by atoms with Gasteiger partial charge in [0.2, 0.25) is 0 Å². The van der Waals surface area contributed by atoms with E-state index in [1.54, 1.807) is 30.3 Å². The maximum absolute atomic E-state index is 13.4. The first-order valence-electron chi connectivity index (χ1n) is 6.87. The quantitative estimate of drug-likeness (QED) is 0.856. The van der Waals surface area contributed by atoms with Crippen LogP contribution in [0.2, 0.25) is 0 Å². The molecule has 5 heteroatoms. The maximum Gasteiger partial charge on any atom is 0.313 e. The van der Waals surface area contributed by atoms with Crippen molar-refractivity contribution in [1.29, 1.82) is 0 Å². The van der Waals surface area contributed by atoms with Gasteiger partial charge in [-0.3, -0.25) is 9.59 Å². The summed E-state index contributed by atoms with van der Waals surface area (Å²) in [6.45, 7) is 3.84. The third kappa shape index (κ3) is 3.91. The largest absolute Gasteiger partial charge is 0.344 e. The van der Waals surface area contributed by atoms with E-state index in [2.05, 4.69) is 10.6 Å². The van der Waals surface area contributed by atoms with Crippen LogP contribution in [-0.4, -0.2) is 11.8 Å². The number of benzene rings is 2. The lowest BCUT2D eigenvalue weighted by atomic mass is 10.1. The summed E-state index contributed by atoms with van der Waals surface area (Å²) in [6, 6.07) is 11.5. The van der Waals surface area contributed by atoms with Gasteiger partial charge >= 0.3 is 11.8 Å². The fourth-order valence-corrected chi connectivity index (χ4v) is 1.90. The van der Waals surface area contributed by atoms with E-state index in [0.29, 0.717) is 11.3 Å². The van der Waals surface area contributed by atoms with E-state index < -0.39 is 17.6 Å². The lowest BCUT2D eigenvalue weighted by Crippen LogP contribution is -2.35. The molecule has 0 aliphatic carbocycles. The Kier molecular flexibility index (Phi) is 4.88. The van der Waals surface area contributed by atoms with Crippen molar-refractivity contribution in [2.45, 2.75) is 20.4 Å². The molecule has 0 fully saturated rings. The van der Waals surface area contributed by atoms with Crippen LogP contribution in [0.15, 0.2) is 42.5 Å². The highest BCUT2D eigenvalue weighted by Crippen LogP contribution is 2.14. The summed E-state index contributed by atoms with van der Waals surface area (Å²) in [4.78, 5) is 23.5. The van der Waals surface area contributed by atoms with Gasteiger partial charge in [-0.15, -0.1) is 0 Å². The molecule has 0 aliphatic heterocycles. The summed E-state index contributed by atoms with van der Waals surface area (Å²) in [5.74, 6) is -2.00. The Morgan fingerprint density at radius 2 is 1.73 bits per heavy atom. The molecule has 2 amide bonds. The zero-order valence-electron chi connectivity index (χ0n) is 12.4. The van der Waals surface area contributed by atoms with Gasteiger partial charge in [0.25, 0.3) is 0 Å². The topological polar surface area (TPSA) is 58.2 Å². The number of hydrogen-bond acceptors (Lipinski definition) is 2. The first kappa shape index (κ1) is 15.7. The van der Waals surface area contributed by atoms with Crippen LogP contribution in [0.1, 0.15) is 16.7 Å². The molecular formula is C17H17FN2O2. The van der Waals surface area contributed by atoms with Crippen molar-refractivity contribution < 1.29 is 14.0 Å². The van der Waals surface area contributed by atoms with Gasteiger partial charge in [0.05, 0.1) is 0 Å². The van der Waals surface area contributed by atoms with Gasteiger partial charge in [0, 0.05) is 17.8 Å². The Labute approximate surface area is 128 Å². The number of nitrogens with one attached hydrogen (secondary N) is 2. The maximum atomic E-state index is 13.4. The third-order valence-electron chi connectivity index (χ3n) is 3.37. The van der Waals surface area contributed by atoms with Crippen molar-refractivity contribution in [3.63, 3.8) is 0 Å². The lowest BCUT2D eigenvalue weighted by Gasteiger charge is -2.08. The van der Waals surface area contributed by atoms with E-state index in [9.17, 15) is 14.0 Å². The van der Waals surface area contributed by atoms with Gasteiger partial charge in [-0.2, -0.15) is 0 Å². The van der Waals surface area contributed by atoms with Crippen LogP contribution in [0.25, 0.3) is 0 Å². The third-order valence-corrected chi connectivity index (χ3v) is 3.37. The van der Waals surface area contributed by atoms with Crippen LogP contribution >= 0.6 is 0 Å². The zero-order valence-corrected chi connectivity index (χ0v) is 12.4. The number of amides is 2. The minimum Gasteiger partial charge on any atom is -0.344 e. The summed E-state index contributed by atoms with van der Waals surface area (Å²) >= 11 is 0. The Morgan fingerprint density at radius 3 is 2.41 bits per heavy atom. The van der Waals surface area contributed by atoms with Crippen molar-refractivity contribution in [3.8, 4) is 0 Å². The molecular weight excluding hydrogens is 283 g/mol. The predicted molar refractivity (Wildman–Crippen MR) is 82.8 cm³/mol. The molecule has 0 aliphatic rings. The smallest absolute Gasteiger partial charge is 0.313 e. The van der Waals surface area contributed by atoms with Crippen LogP contribution in [0, 0.1) is 19.7 Å². The molecule has 0 saturated carbocycles. The second-order valence-corrected chi connectivity index (χ2v) is 5.03. The van der Waals surface area contributed by atoms with Crippen molar-refractivity contribution in [1.82, 2.24) is 5.32 Å². The fourth-order valence-electron chi connectivity index (χ4n) is 1.90. The molecule has 0 heterocycles. The van der Waals surface area contributed by atoms with Gasteiger partial charge in [-0.1, -0.05) is 24.3 Å². The summed E-state index contributed by atoms with van der Waals surface area (Å²) in [5, 5.41) is 4.91. The molecule has 0 bridgehead atoms. The van der Waals surface area contributed by atoms with E-state index in [-0.39, 0.29) is 6.54 Å². The molecule has 0 saturated heterocycles. The number of halogens is 1. The Balaban J connectivity index is 1.93. The van der Waals surface area contributed by atoms with E-state index in [4.69, 9.17) is 0 Å². The zero-order chi connectivity index (χ0) is 16.1. The average Bonchev–Trinajstić information content (AvgIpc) is 2.50. The van der Waals surface area contributed by atoms with Crippen molar-refractivity contribution >= 4 is 17.5 Å². The van der Waals surface area contributed by atoms with Gasteiger partial charge in [0.15, 0.2) is 0 Å². The first-order valence-corrected chi connectivity index (χ1v) is 6.87. The molecule has 0 atom stereocenters. The number of carbonyl (C=O) groups is 2. The minimum absolute atomic E-state index is 0.0359. The molecule has 22 heavy (non-hydrogen) atoms. The van der Waals surface area contributed by atoms with E-state index in [1.807, 2.05) is 19.9 Å². The Morgan fingerprint density at radius 1 is 1.00 bits per heavy atom. The average molecular weight is 300 g/mol. The van der Waals surface area contributed by atoms with Crippen LogP contribution in [0.5, 0.6) is 0 Å². The molecule has 4 nitrogen and oxygen atoms in total. The molecule has 0 aromatic heterocycles. The summed E-state index contributed by atoms with van der Waals surface area (Å²) in [5.41, 5.74) is 3.00. The predicted octanol–water partition coefficient (Wildman–Crippen LogP) is 2.70. The fraction of sp³-hybridized carbons (Fsp3) is 0.176. The monoisotopic (exact) mass is 300 g/mol. The highest BCUT2D eigenvalue weighted by atomic mass is 19.1. The highest BCUT2D eigenvalue weighted by Gasteiger charge is 2.14. The number of anilines is 1. The van der Waals surface area contributed by atoms with Crippen LogP contribution in [-0.2, 0) is 16.1 Å². The molecule has 0 unspecified atom stereocenters. The van der Waals surface area contributed by atoms with Crippen molar-refractivity contribution in [2.24, 2.45) is 0 Å². The standard InChI is InChI=1S/C17H17FN2O2/c1-11-7-8-14(9-12(11)2)20-17(22)16(21)19-10-13-5-3-4-6-15(13)18/h3-9H,10H2,1-2H3,(H,19,21)(H,20,22). The van der Waals surface area contributed by atoms with Crippen molar-refractivity contribution in [2.75, 3.05) is 5.32 Å². The van der Waals surface area contributed by atoms with Gasteiger partial charge in [-0.25, -0.2) is 4.39 Å². The molecule has 114 valence electrons. The molecule has 2 aromatic rings. The second kappa shape index (κ2) is 6.85. The highest BCUT2D eigenvalue weighted by molar-refractivity contribution is 6.39. The molecule has 2 rings (SSSR count). The minimum atomic E-state index is -0.804. The number of hydrogen-bond donors (Lipinski definition) is 2. The summed E-state index contributed by atoms with van der Waals surface area (Å²) in [7, 11) is 0.